The van der Waals surface area contributed by atoms with Gasteiger partial charge < -0.3 is 10.6 Å². The van der Waals surface area contributed by atoms with Crippen molar-refractivity contribution >= 4 is 41.3 Å². The number of halogens is 1. The van der Waals surface area contributed by atoms with Crippen LogP contribution in [-0.4, -0.2) is 42.5 Å². The van der Waals surface area contributed by atoms with E-state index in [1.165, 1.54) is 46.9 Å². The monoisotopic (exact) mass is 527 g/mol. The molecular formula is C22H34IN5S. The lowest BCUT2D eigenvalue weighted by molar-refractivity contribution is 0.176. The average Bonchev–Trinajstić information content (AvgIpc) is 3.11. The molecule has 5 nitrogen and oxygen atoms in total. The molecule has 160 valence electrons. The Labute approximate surface area is 196 Å². The van der Waals surface area contributed by atoms with E-state index in [9.17, 15) is 0 Å². The standard InChI is InChI=1S/C22H33N5S.HI/c1-17-5-4-12-27(15-17)16-20-8-6-19(7-9-20)14-26-22(23-3)24-11-10-21-25-13-18(2)28-21;/h6-9,13,17H,4-5,10-12,14-16H2,1-3H3,(H2,23,24,26);1H. The molecule has 1 unspecified atom stereocenters. The van der Waals surface area contributed by atoms with Crippen LogP contribution >= 0.6 is 35.3 Å². The fourth-order valence-electron chi connectivity index (χ4n) is 3.66. The van der Waals surface area contributed by atoms with Crippen LogP contribution in [0.1, 0.15) is 40.8 Å². The SMILES string of the molecule is CN=C(NCCc1ncc(C)s1)NCc1ccc(CN2CCCC(C)C2)cc1.I. The number of benzene rings is 1. The third-order valence-corrected chi connectivity index (χ3v) is 6.13. The zero-order valence-electron chi connectivity index (χ0n) is 17.8. The van der Waals surface area contributed by atoms with Crippen LogP contribution < -0.4 is 10.6 Å². The first-order valence-electron chi connectivity index (χ1n) is 10.3. The number of piperidine rings is 1. The number of nitrogens with one attached hydrogen (secondary N) is 2. The first kappa shape index (κ1) is 24.1. The number of rotatable bonds is 7. The number of hydrogen-bond acceptors (Lipinski definition) is 4. The van der Waals surface area contributed by atoms with Crippen LogP contribution in [0.3, 0.4) is 0 Å². The highest BCUT2D eigenvalue weighted by atomic mass is 127. The number of aromatic nitrogens is 1. The maximum absolute atomic E-state index is 4.40. The third kappa shape index (κ3) is 8.22. The normalized spacial score (nSPS) is 17.6. The van der Waals surface area contributed by atoms with Gasteiger partial charge in [0.2, 0.25) is 0 Å². The molecule has 0 radical (unpaired) electrons. The minimum absolute atomic E-state index is 0. The number of guanidine groups is 1. The molecule has 1 saturated heterocycles. The highest BCUT2D eigenvalue weighted by Crippen LogP contribution is 2.18. The van der Waals surface area contributed by atoms with Crippen LogP contribution in [0.4, 0.5) is 0 Å². The number of hydrogen-bond donors (Lipinski definition) is 2. The van der Waals surface area contributed by atoms with Gasteiger partial charge in [-0.15, -0.1) is 35.3 Å². The lowest BCUT2D eigenvalue weighted by Crippen LogP contribution is -2.37. The Kier molecular flexibility index (Phi) is 10.4. The van der Waals surface area contributed by atoms with Crippen LogP contribution in [0.25, 0.3) is 0 Å². The van der Waals surface area contributed by atoms with Crippen LogP contribution in [-0.2, 0) is 19.5 Å². The van der Waals surface area contributed by atoms with Gasteiger partial charge in [-0.05, 0) is 43.4 Å². The van der Waals surface area contributed by atoms with Gasteiger partial charge in [-0.1, -0.05) is 31.2 Å². The molecule has 2 N–H and O–H groups in total. The van der Waals surface area contributed by atoms with E-state index >= 15 is 0 Å². The van der Waals surface area contributed by atoms with Crippen LogP contribution in [0.5, 0.6) is 0 Å². The highest BCUT2D eigenvalue weighted by molar-refractivity contribution is 14.0. The minimum Gasteiger partial charge on any atom is -0.356 e. The van der Waals surface area contributed by atoms with Crippen molar-refractivity contribution in [2.75, 3.05) is 26.7 Å². The van der Waals surface area contributed by atoms with E-state index in [1.807, 2.05) is 13.2 Å². The summed E-state index contributed by atoms with van der Waals surface area (Å²) in [5.74, 6) is 1.66. The lowest BCUT2D eigenvalue weighted by atomic mass is 9.99. The molecule has 0 saturated carbocycles. The minimum atomic E-state index is 0. The van der Waals surface area contributed by atoms with Crippen molar-refractivity contribution < 1.29 is 0 Å². The molecular weight excluding hydrogens is 493 g/mol. The van der Waals surface area contributed by atoms with E-state index < -0.39 is 0 Å². The van der Waals surface area contributed by atoms with E-state index in [-0.39, 0.29) is 24.0 Å². The van der Waals surface area contributed by atoms with E-state index in [0.717, 1.165) is 37.9 Å². The molecule has 7 heteroatoms. The van der Waals surface area contributed by atoms with E-state index in [1.54, 1.807) is 11.3 Å². The first-order chi connectivity index (χ1) is 13.6. The molecule has 1 atom stereocenters. The summed E-state index contributed by atoms with van der Waals surface area (Å²) < 4.78 is 0. The van der Waals surface area contributed by atoms with Crippen molar-refractivity contribution in [3.8, 4) is 0 Å². The second-order valence-electron chi connectivity index (χ2n) is 7.77. The number of nitrogens with zero attached hydrogens (tertiary/aromatic N) is 3. The number of aliphatic imine (C=N–C) groups is 1. The fraction of sp³-hybridized carbons (Fsp3) is 0.545. The molecule has 1 aromatic carbocycles. The van der Waals surface area contributed by atoms with Gasteiger partial charge in [0.05, 0.1) is 5.01 Å². The molecule has 1 aliphatic heterocycles. The lowest BCUT2D eigenvalue weighted by Gasteiger charge is -2.30. The van der Waals surface area contributed by atoms with E-state index in [2.05, 4.69) is 63.6 Å². The van der Waals surface area contributed by atoms with Crippen LogP contribution in [0.15, 0.2) is 35.5 Å². The van der Waals surface area contributed by atoms with Gasteiger partial charge >= 0.3 is 0 Å². The molecule has 0 aliphatic carbocycles. The number of thiazole rings is 1. The summed E-state index contributed by atoms with van der Waals surface area (Å²) in [5.41, 5.74) is 2.67. The van der Waals surface area contributed by atoms with Gasteiger partial charge in [-0.25, -0.2) is 4.98 Å². The van der Waals surface area contributed by atoms with Crippen molar-refractivity contribution in [2.45, 2.75) is 46.2 Å². The van der Waals surface area contributed by atoms with E-state index in [4.69, 9.17) is 0 Å². The Bertz CT molecular complexity index is 759. The second kappa shape index (κ2) is 12.5. The number of aryl methyl sites for hydroxylation is 1. The maximum atomic E-state index is 4.40. The summed E-state index contributed by atoms with van der Waals surface area (Å²) in [6.07, 6.45) is 5.56. The predicted molar refractivity (Wildman–Crippen MR) is 134 cm³/mol. The smallest absolute Gasteiger partial charge is 0.191 e. The quantitative estimate of drug-likeness (QED) is 0.322. The predicted octanol–water partition coefficient (Wildman–Crippen LogP) is 4.21. The van der Waals surface area contributed by atoms with E-state index in [0.29, 0.717) is 0 Å². The van der Waals surface area contributed by atoms with Gasteiger partial charge in [0.25, 0.3) is 0 Å². The summed E-state index contributed by atoms with van der Waals surface area (Å²) in [5, 5.41) is 7.93. The maximum Gasteiger partial charge on any atom is 0.191 e. The third-order valence-electron chi connectivity index (χ3n) is 5.15. The Morgan fingerprint density at radius 3 is 2.66 bits per heavy atom. The summed E-state index contributed by atoms with van der Waals surface area (Å²) in [4.78, 5) is 12.6. The van der Waals surface area contributed by atoms with Crippen LogP contribution in [0.2, 0.25) is 0 Å². The Morgan fingerprint density at radius 1 is 1.24 bits per heavy atom. The molecule has 29 heavy (non-hydrogen) atoms. The van der Waals surface area contributed by atoms with Gasteiger partial charge in [-0.2, -0.15) is 0 Å². The Balaban J connectivity index is 0.00000300. The van der Waals surface area contributed by atoms with Gasteiger partial charge in [0.1, 0.15) is 0 Å². The highest BCUT2D eigenvalue weighted by Gasteiger charge is 2.16. The van der Waals surface area contributed by atoms with Crippen molar-refractivity contribution in [3.63, 3.8) is 0 Å². The average molecular weight is 528 g/mol. The fourth-order valence-corrected chi connectivity index (χ4v) is 4.45. The second-order valence-corrected chi connectivity index (χ2v) is 9.09. The zero-order chi connectivity index (χ0) is 19.8. The summed E-state index contributed by atoms with van der Waals surface area (Å²) >= 11 is 1.76. The summed E-state index contributed by atoms with van der Waals surface area (Å²) in [6, 6.07) is 8.97. The number of likely N-dealkylation sites (tertiary alicyclic amines) is 1. The zero-order valence-corrected chi connectivity index (χ0v) is 20.9. The molecule has 2 aromatic rings. The molecule has 1 fully saturated rings. The topological polar surface area (TPSA) is 52.6 Å². The van der Waals surface area contributed by atoms with Crippen molar-refractivity contribution in [1.82, 2.24) is 20.5 Å². The van der Waals surface area contributed by atoms with Crippen molar-refractivity contribution in [2.24, 2.45) is 10.9 Å². The molecule has 3 rings (SSSR count). The first-order valence-corrected chi connectivity index (χ1v) is 11.1. The van der Waals surface area contributed by atoms with Gasteiger partial charge in [0, 0.05) is 50.7 Å². The van der Waals surface area contributed by atoms with Crippen molar-refractivity contribution in [3.05, 3.63) is 51.5 Å². The molecule has 0 amide bonds. The largest absolute Gasteiger partial charge is 0.356 e. The van der Waals surface area contributed by atoms with Crippen LogP contribution in [0, 0.1) is 12.8 Å². The summed E-state index contributed by atoms with van der Waals surface area (Å²) in [6.45, 7) is 9.59. The Hall–Kier alpha value is -1.19. The molecule has 1 aromatic heterocycles. The molecule has 2 heterocycles. The van der Waals surface area contributed by atoms with Gasteiger partial charge in [-0.3, -0.25) is 9.89 Å². The summed E-state index contributed by atoms with van der Waals surface area (Å²) in [7, 11) is 1.81. The molecule has 0 spiro atoms. The molecule has 0 bridgehead atoms. The van der Waals surface area contributed by atoms with Gasteiger partial charge in [0.15, 0.2) is 5.96 Å². The Morgan fingerprint density at radius 2 is 2.00 bits per heavy atom. The molecule has 1 aliphatic rings. The van der Waals surface area contributed by atoms with Crippen molar-refractivity contribution in [1.29, 1.82) is 0 Å².